The summed E-state index contributed by atoms with van der Waals surface area (Å²) in [5.41, 5.74) is 0.904. The Balaban J connectivity index is 2.27. The van der Waals surface area contributed by atoms with Crippen molar-refractivity contribution < 1.29 is 19.4 Å². The average molecular weight is 293 g/mol. The predicted octanol–water partition coefficient (Wildman–Crippen LogP) is 1.37. The van der Waals surface area contributed by atoms with Gasteiger partial charge in [-0.3, -0.25) is 4.90 Å². The molecule has 0 aliphatic carbocycles. The lowest BCUT2D eigenvalue weighted by Gasteiger charge is -2.41. The Hall–Kier alpha value is -1.43. The molecular formula is C16H23NO4. The van der Waals surface area contributed by atoms with E-state index in [0.717, 1.165) is 5.56 Å². The van der Waals surface area contributed by atoms with Crippen LogP contribution < -0.4 is 0 Å². The average Bonchev–Trinajstić information content (AvgIpc) is 2.51. The van der Waals surface area contributed by atoms with Gasteiger partial charge in [0.25, 0.3) is 0 Å². The van der Waals surface area contributed by atoms with E-state index in [1.165, 1.54) is 0 Å². The molecular weight excluding hydrogens is 270 g/mol. The topological polar surface area (TPSA) is 59.0 Å². The molecule has 1 saturated heterocycles. The molecule has 1 heterocycles. The second kappa shape index (κ2) is 7.54. The predicted molar refractivity (Wildman–Crippen MR) is 78.8 cm³/mol. The van der Waals surface area contributed by atoms with Crippen LogP contribution in [-0.4, -0.2) is 54.5 Å². The first-order valence-corrected chi connectivity index (χ1v) is 7.37. The van der Waals surface area contributed by atoms with Crippen LogP contribution in [0.3, 0.4) is 0 Å². The van der Waals surface area contributed by atoms with Crippen molar-refractivity contribution in [3.8, 4) is 0 Å². The molecule has 1 aromatic rings. The molecule has 1 aliphatic heterocycles. The molecule has 5 heteroatoms. The smallest absolute Gasteiger partial charge is 0.328 e. The molecule has 21 heavy (non-hydrogen) atoms. The maximum atomic E-state index is 12.4. The van der Waals surface area contributed by atoms with Crippen molar-refractivity contribution in [1.82, 2.24) is 4.90 Å². The molecule has 5 nitrogen and oxygen atoms in total. The number of benzene rings is 1. The highest BCUT2D eigenvalue weighted by Gasteiger charge is 2.36. The summed E-state index contributed by atoms with van der Waals surface area (Å²) >= 11 is 0. The molecule has 0 spiro atoms. The number of hydrogen-bond donors (Lipinski definition) is 1. The molecule has 0 amide bonds. The third kappa shape index (κ3) is 3.81. The second-order valence-electron chi connectivity index (χ2n) is 5.25. The van der Waals surface area contributed by atoms with Gasteiger partial charge >= 0.3 is 5.97 Å². The maximum absolute atomic E-state index is 12.4. The van der Waals surface area contributed by atoms with Crippen LogP contribution in [0.5, 0.6) is 0 Å². The fourth-order valence-electron chi connectivity index (χ4n) is 2.63. The van der Waals surface area contributed by atoms with Crippen molar-refractivity contribution in [2.45, 2.75) is 32.0 Å². The third-order valence-electron chi connectivity index (χ3n) is 3.71. The van der Waals surface area contributed by atoms with Crippen LogP contribution in [0.1, 0.15) is 25.5 Å². The van der Waals surface area contributed by atoms with Gasteiger partial charge in [0.05, 0.1) is 25.9 Å². The van der Waals surface area contributed by atoms with Gasteiger partial charge in [-0.05, 0) is 19.4 Å². The van der Waals surface area contributed by atoms with Gasteiger partial charge in [-0.2, -0.15) is 0 Å². The summed E-state index contributed by atoms with van der Waals surface area (Å²) in [6.45, 7) is 5.13. The van der Waals surface area contributed by atoms with E-state index in [9.17, 15) is 9.90 Å². The Morgan fingerprint density at radius 1 is 1.48 bits per heavy atom. The Bertz CT molecular complexity index is 451. The summed E-state index contributed by atoms with van der Waals surface area (Å²) in [5, 5.41) is 9.32. The SMILES string of the molecule is CCOC(=O)C(c1ccccc1)N1CC(CO)OCC1C. The number of aliphatic hydroxyl groups is 1. The van der Waals surface area contributed by atoms with Crippen LogP contribution >= 0.6 is 0 Å². The molecule has 3 unspecified atom stereocenters. The quantitative estimate of drug-likeness (QED) is 0.831. The minimum Gasteiger partial charge on any atom is -0.465 e. The minimum atomic E-state index is -0.459. The molecule has 116 valence electrons. The van der Waals surface area contributed by atoms with E-state index in [0.29, 0.717) is 19.8 Å². The molecule has 0 aromatic heterocycles. The van der Waals surface area contributed by atoms with Crippen molar-refractivity contribution in [1.29, 1.82) is 0 Å². The van der Waals surface area contributed by atoms with Crippen LogP contribution in [-0.2, 0) is 14.3 Å². The van der Waals surface area contributed by atoms with Gasteiger partial charge in [0.1, 0.15) is 6.04 Å². The van der Waals surface area contributed by atoms with Crippen molar-refractivity contribution in [3.05, 3.63) is 35.9 Å². The van der Waals surface area contributed by atoms with E-state index in [-0.39, 0.29) is 24.7 Å². The van der Waals surface area contributed by atoms with Gasteiger partial charge in [-0.15, -0.1) is 0 Å². The van der Waals surface area contributed by atoms with Crippen LogP contribution in [0.25, 0.3) is 0 Å². The Morgan fingerprint density at radius 2 is 2.19 bits per heavy atom. The highest BCUT2D eigenvalue weighted by molar-refractivity contribution is 5.77. The van der Waals surface area contributed by atoms with Gasteiger partial charge in [-0.1, -0.05) is 30.3 Å². The third-order valence-corrected chi connectivity index (χ3v) is 3.71. The number of carbonyl (C=O) groups is 1. The molecule has 0 radical (unpaired) electrons. The summed E-state index contributed by atoms with van der Waals surface area (Å²) < 4.78 is 10.8. The van der Waals surface area contributed by atoms with Crippen molar-refractivity contribution in [2.75, 3.05) is 26.4 Å². The summed E-state index contributed by atoms with van der Waals surface area (Å²) in [5.74, 6) is -0.255. The Kier molecular flexibility index (Phi) is 5.73. The normalized spacial score (nSPS) is 24.5. The lowest BCUT2D eigenvalue weighted by molar-refractivity contribution is -0.157. The van der Waals surface area contributed by atoms with Crippen LogP contribution in [0.15, 0.2) is 30.3 Å². The van der Waals surface area contributed by atoms with E-state index in [1.807, 2.05) is 37.3 Å². The van der Waals surface area contributed by atoms with E-state index in [4.69, 9.17) is 9.47 Å². The zero-order valence-corrected chi connectivity index (χ0v) is 12.6. The maximum Gasteiger partial charge on any atom is 0.328 e. The molecule has 1 aromatic carbocycles. The van der Waals surface area contributed by atoms with Crippen LogP contribution in [0.2, 0.25) is 0 Å². The zero-order valence-electron chi connectivity index (χ0n) is 12.6. The first-order chi connectivity index (χ1) is 10.2. The number of rotatable bonds is 5. The number of morpholine rings is 1. The van der Waals surface area contributed by atoms with Crippen LogP contribution in [0, 0.1) is 0 Å². The van der Waals surface area contributed by atoms with E-state index in [1.54, 1.807) is 6.92 Å². The molecule has 0 bridgehead atoms. The Morgan fingerprint density at radius 3 is 2.81 bits per heavy atom. The van der Waals surface area contributed by atoms with Gasteiger partial charge in [-0.25, -0.2) is 4.79 Å². The Labute approximate surface area is 125 Å². The fourth-order valence-corrected chi connectivity index (χ4v) is 2.63. The lowest BCUT2D eigenvalue weighted by Crippen LogP contribution is -2.52. The summed E-state index contributed by atoms with van der Waals surface area (Å²) in [4.78, 5) is 14.5. The molecule has 1 fully saturated rings. The largest absolute Gasteiger partial charge is 0.465 e. The van der Waals surface area contributed by atoms with Gasteiger partial charge in [0, 0.05) is 12.6 Å². The van der Waals surface area contributed by atoms with E-state index < -0.39 is 6.04 Å². The molecule has 3 atom stereocenters. The first kappa shape index (κ1) is 15.9. The highest BCUT2D eigenvalue weighted by Crippen LogP contribution is 2.27. The fraction of sp³-hybridized carbons (Fsp3) is 0.562. The van der Waals surface area contributed by atoms with Crippen molar-refractivity contribution >= 4 is 5.97 Å². The highest BCUT2D eigenvalue weighted by atomic mass is 16.5. The molecule has 1 N–H and O–H groups in total. The standard InChI is InChI=1S/C16H23NO4/c1-3-20-16(19)15(13-7-5-4-6-8-13)17-9-14(10-18)21-11-12(17)2/h4-8,12,14-15,18H,3,9-11H2,1-2H3. The molecule has 0 saturated carbocycles. The number of carbonyl (C=O) groups excluding carboxylic acids is 1. The van der Waals surface area contributed by atoms with E-state index >= 15 is 0 Å². The lowest BCUT2D eigenvalue weighted by atomic mass is 10.0. The molecule has 2 rings (SSSR count). The number of ether oxygens (including phenoxy) is 2. The number of esters is 1. The van der Waals surface area contributed by atoms with Crippen LogP contribution in [0.4, 0.5) is 0 Å². The number of hydrogen-bond acceptors (Lipinski definition) is 5. The van der Waals surface area contributed by atoms with Gasteiger partial charge in [0.2, 0.25) is 0 Å². The van der Waals surface area contributed by atoms with Crippen molar-refractivity contribution in [3.63, 3.8) is 0 Å². The second-order valence-corrected chi connectivity index (χ2v) is 5.25. The first-order valence-electron chi connectivity index (χ1n) is 7.37. The summed E-state index contributed by atoms with van der Waals surface area (Å²) in [7, 11) is 0. The zero-order chi connectivity index (χ0) is 15.2. The van der Waals surface area contributed by atoms with E-state index in [2.05, 4.69) is 4.90 Å². The number of aliphatic hydroxyl groups excluding tert-OH is 1. The van der Waals surface area contributed by atoms with Crippen molar-refractivity contribution in [2.24, 2.45) is 0 Å². The van der Waals surface area contributed by atoms with Gasteiger partial charge < -0.3 is 14.6 Å². The summed E-state index contributed by atoms with van der Waals surface area (Å²) in [6.07, 6.45) is -0.262. The summed E-state index contributed by atoms with van der Waals surface area (Å²) in [6, 6.07) is 9.23. The number of nitrogens with zero attached hydrogens (tertiary/aromatic N) is 1. The monoisotopic (exact) mass is 293 g/mol. The van der Waals surface area contributed by atoms with Gasteiger partial charge in [0.15, 0.2) is 0 Å². The molecule has 1 aliphatic rings. The minimum absolute atomic E-state index is 0.0481.